The fourth-order valence-electron chi connectivity index (χ4n) is 4.12. The topological polar surface area (TPSA) is 88.8 Å². The lowest BCUT2D eigenvalue weighted by Gasteiger charge is -2.27. The highest BCUT2D eigenvalue weighted by atomic mass is 16.2. The van der Waals surface area contributed by atoms with Crippen molar-refractivity contribution >= 4 is 5.91 Å². The lowest BCUT2D eigenvalue weighted by atomic mass is 10.1. The average Bonchev–Trinajstić information content (AvgIpc) is 3.35. The molecule has 1 saturated heterocycles. The van der Waals surface area contributed by atoms with Gasteiger partial charge >= 0.3 is 0 Å². The zero-order valence-corrected chi connectivity index (χ0v) is 19.2. The van der Waals surface area contributed by atoms with Crippen LogP contribution in [-0.2, 0) is 13.0 Å². The SMILES string of the molecule is CCn1cc(-c2ccnc(Cc3ccc(C(=O)N4CCNCC4)cc3)n2)c(-c2cccnc2)n1. The number of hydrogen-bond acceptors (Lipinski definition) is 6. The van der Waals surface area contributed by atoms with Gasteiger partial charge in [0.25, 0.3) is 5.91 Å². The Morgan fingerprint density at radius 1 is 1.06 bits per heavy atom. The van der Waals surface area contributed by atoms with Crippen LogP contribution in [0.15, 0.2) is 67.3 Å². The van der Waals surface area contributed by atoms with E-state index in [4.69, 9.17) is 10.1 Å². The Hall–Kier alpha value is -3.91. The van der Waals surface area contributed by atoms with Crippen molar-refractivity contribution in [1.82, 2.24) is 34.9 Å². The molecule has 8 heteroatoms. The van der Waals surface area contributed by atoms with Crippen molar-refractivity contribution in [1.29, 1.82) is 0 Å². The molecule has 1 aromatic carbocycles. The standard InChI is InChI=1S/C26H27N7O/c1-2-33-18-22(25(31-33)21-4-3-10-28-17-21)23-9-11-29-24(30-23)16-19-5-7-20(8-6-19)26(34)32-14-12-27-13-15-32/h3-11,17-18,27H,2,12-16H2,1H3. The van der Waals surface area contributed by atoms with Crippen LogP contribution in [0.2, 0.25) is 0 Å². The van der Waals surface area contributed by atoms with Gasteiger partial charge in [0.15, 0.2) is 0 Å². The van der Waals surface area contributed by atoms with Crippen LogP contribution in [0.1, 0.15) is 28.7 Å². The number of nitrogens with one attached hydrogen (secondary N) is 1. The van der Waals surface area contributed by atoms with Gasteiger partial charge in [-0.1, -0.05) is 12.1 Å². The maximum absolute atomic E-state index is 12.7. The second kappa shape index (κ2) is 9.93. The smallest absolute Gasteiger partial charge is 0.253 e. The average molecular weight is 454 g/mol. The number of amides is 1. The summed E-state index contributed by atoms with van der Waals surface area (Å²) in [5, 5.41) is 8.01. The molecule has 1 fully saturated rings. The number of piperazine rings is 1. The van der Waals surface area contributed by atoms with E-state index in [1.807, 2.05) is 64.4 Å². The summed E-state index contributed by atoms with van der Waals surface area (Å²) in [6.07, 6.45) is 7.96. The van der Waals surface area contributed by atoms with Crippen LogP contribution in [0.4, 0.5) is 0 Å². The third-order valence-corrected chi connectivity index (χ3v) is 5.97. The number of nitrogens with zero attached hydrogens (tertiary/aromatic N) is 6. The molecule has 0 aliphatic carbocycles. The molecule has 5 rings (SSSR count). The second-order valence-corrected chi connectivity index (χ2v) is 8.26. The zero-order valence-electron chi connectivity index (χ0n) is 19.2. The van der Waals surface area contributed by atoms with Gasteiger partial charge in [-0.2, -0.15) is 5.10 Å². The van der Waals surface area contributed by atoms with Crippen LogP contribution >= 0.6 is 0 Å². The zero-order chi connectivity index (χ0) is 23.3. The first-order valence-corrected chi connectivity index (χ1v) is 11.6. The van der Waals surface area contributed by atoms with Gasteiger partial charge in [-0.25, -0.2) is 9.97 Å². The van der Waals surface area contributed by atoms with Crippen LogP contribution in [0.5, 0.6) is 0 Å². The minimum atomic E-state index is 0.0853. The third-order valence-electron chi connectivity index (χ3n) is 5.97. The monoisotopic (exact) mass is 453 g/mol. The predicted molar refractivity (Wildman–Crippen MR) is 130 cm³/mol. The van der Waals surface area contributed by atoms with Gasteiger partial charge in [0, 0.05) is 80.6 Å². The molecule has 8 nitrogen and oxygen atoms in total. The Morgan fingerprint density at radius 2 is 1.88 bits per heavy atom. The van der Waals surface area contributed by atoms with E-state index in [0.29, 0.717) is 12.0 Å². The van der Waals surface area contributed by atoms with Crippen molar-refractivity contribution in [3.8, 4) is 22.5 Å². The minimum Gasteiger partial charge on any atom is -0.336 e. The first-order chi connectivity index (χ1) is 16.7. The molecule has 3 aromatic heterocycles. The second-order valence-electron chi connectivity index (χ2n) is 8.26. The van der Waals surface area contributed by atoms with E-state index in [0.717, 1.165) is 66.6 Å². The predicted octanol–water partition coefficient (Wildman–Crippen LogP) is 3.06. The molecule has 0 radical (unpaired) electrons. The first kappa shape index (κ1) is 21.9. The van der Waals surface area contributed by atoms with E-state index in [-0.39, 0.29) is 5.91 Å². The highest BCUT2D eigenvalue weighted by Gasteiger charge is 2.18. The van der Waals surface area contributed by atoms with Crippen molar-refractivity contribution in [3.63, 3.8) is 0 Å². The van der Waals surface area contributed by atoms with Gasteiger partial charge in [0.2, 0.25) is 0 Å². The maximum Gasteiger partial charge on any atom is 0.253 e. The van der Waals surface area contributed by atoms with Crippen molar-refractivity contribution < 1.29 is 4.79 Å². The third kappa shape index (κ3) is 4.72. The maximum atomic E-state index is 12.7. The number of rotatable bonds is 6. The molecule has 0 spiro atoms. The summed E-state index contributed by atoms with van der Waals surface area (Å²) in [6.45, 7) is 6.01. The Bertz CT molecular complexity index is 1260. The molecule has 0 unspecified atom stereocenters. The lowest BCUT2D eigenvalue weighted by molar-refractivity contribution is 0.0736. The Balaban J connectivity index is 1.36. The molecule has 1 aliphatic heterocycles. The van der Waals surface area contributed by atoms with Crippen LogP contribution in [-0.4, -0.2) is 61.7 Å². The quantitative estimate of drug-likeness (QED) is 0.483. The molecule has 34 heavy (non-hydrogen) atoms. The number of carbonyl (C=O) groups is 1. The van der Waals surface area contributed by atoms with Gasteiger partial charge in [0.1, 0.15) is 11.5 Å². The van der Waals surface area contributed by atoms with E-state index in [9.17, 15) is 4.79 Å². The lowest BCUT2D eigenvalue weighted by Crippen LogP contribution is -2.46. The van der Waals surface area contributed by atoms with Crippen LogP contribution in [0, 0.1) is 0 Å². The molecule has 172 valence electrons. The molecule has 0 bridgehead atoms. The van der Waals surface area contributed by atoms with Crippen LogP contribution in [0.3, 0.4) is 0 Å². The van der Waals surface area contributed by atoms with Gasteiger partial charge in [-0.15, -0.1) is 0 Å². The number of aryl methyl sites for hydroxylation is 1. The molecule has 0 atom stereocenters. The molecule has 1 aliphatic rings. The van der Waals surface area contributed by atoms with Crippen LogP contribution < -0.4 is 5.32 Å². The number of pyridine rings is 1. The Kier molecular flexibility index (Phi) is 6.40. The summed E-state index contributed by atoms with van der Waals surface area (Å²) in [5.41, 5.74) is 5.37. The summed E-state index contributed by atoms with van der Waals surface area (Å²) >= 11 is 0. The van der Waals surface area contributed by atoms with Crippen molar-refractivity contribution in [3.05, 3.63) is 84.2 Å². The summed E-state index contributed by atoms with van der Waals surface area (Å²) < 4.78 is 1.91. The van der Waals surface area contributed by atoms with E-state index >= 15 is 0 Å². The largest absolute Gasteiger partial charge is 0.336 e. The summed E-state index contributed by atoms with van der Waals surface area (Å²) in [6, 6.07) is 13.6. The number of aromatic nitrogens is 5. The normalized spacial score (nSPS) is 13.7. The number of carbonyl (C=O) groups excluding carboxylic acids is 1. The van der Waals surface area contributed by atoms with Gasteiger partial charge in [-0.3, -0.25) is 14.5 Å². The number of hydrogen-bond donors (Lipinski definition) is 1. The molecule has 0 saturated carbocycles. The fourth-order valence-corrected chi connectivity index (χ4v) is 4.12. The van der Waals surface area contributed by atoms with Crippen LogP contribution in [0.25, 0.3) is 22.5 Å². The summed E-state index contributed by atoms with van der Waals surface area (Å²) in [4.78, 5) is 28.2. The molecule has 4 aromatic rings. The highest BCUT2D eigenvalue weighted by molar-refractivity contribution is 5.94. The Labute approximate surface area is 198 Å². The first-order valence-electron chi connectivity index (χ1n) is 11.6. The Morgan fingerprint density at radius 3 is 2.62 bits per heavy atom. The molecule has 4 heterocycles. The summed E-state index contributed by atoms with van der Waals surface area (Å²) in [7, 11) is 0. The molecular weight excluding hydrogens is 426 g/mol. The highest BCUT2D eigenvalue weighted by Crippen LogP contribution is 2.29. The van der Waals surface area contributed by atoms with E-state index in [2.05, 4.69) is 22.2 Å². The van der Waals surface area contributed by atoms with E-state index < -0.39 is 0 Å². The van der Waals surface area contributed by atoms with Gasteiger partial charge in [-0.05, 0) is 42.8 Å². The van der Waals surface area contributed by atoms with Gasteiger partial charge < -0.3 is 10.2 Å². The van der Waals surface area contributed by atoms with E-state index in [1.54, 1.807) is 12.4 Å². The minimum absolute atomic E-state index is 0.0853. The molecular formula is C26H27N7O. The van der Waals surface area contributed by atoms with Crippen molar-refractivity contribution in [2.75, 3.05) is 26.2 Å². The summed E-state index contributed by atoms with van der Waals surface area (Å²) in [5.74, 6) is 0.808. The molecule has 1 amide bonds. The molecule has 1 N–H and O–H groups in total. The fraction of sp³-hybridized carbons (Fsp3) is 0.269. The number of benzene rings is 1. The van der Waals surface area contributed by atoms with Crippen molar-refractivity contribution in [2.45, 2.75) is 19.9 Å². The van der Waals surface area contributed by atoms with Crippen molar-refractivity contribution in [2.24, 2.45) is 0 Å². The van der Waals surface area contributed by atoms with E-state index in [1.165, 1.54) is 0 Å². The van der Waals surface area contributed by atoms with Gasteiger partial charge in [0.05, 0.1) is 5.69 Å².